The number of nitrogens with zero attached hydrogens (tertiary/aromatic N) is 4. The fourth-order valence-electron chi connectivity index (χ4n) is 5.79. The first-order chi connectivity index (χ1) is 19.3. The summed E-state index contributed by atoms with van der Waals surface area (Å²) < 4.78 is 7.28. The number of phenols is 1. The van der Waals surface area contributed by atoms with E-state index in [1.165, 1.54) is 0 Å². The zero-order valence-electron chi connectivity index (χ0n) is 23.8. The van der Waals surface area contributed by atoms with E-state index >= 15 is 0 Å². The summed E-state index contributed by atoms with van der Waals surface area (Å²) in [6.07, 6.45) is 2.02. The van der Waals surface area contributed by atoms with Crippen molar-refractivity contribution >= 4 is 22.8 Å². The summed E-state index contributed by atoms with van der Waals surface area (Å²) in [5.41, 5.74) is 4.23. The van der Waals surface area contributed by atoms with Gasteiger partial charge in [-0.05, 0) is 63.9 Å². The Morgan fingerprint density at radius 3 is 2.32 bits per heavy atom. The number of carbonyl (C=O) groups excluding carboxylic acids is 1. The number of carbonyl (C=O) groups is 1. The number of hydrogen-bond donors (Lipinski definition) is 3. The van der Waals surface area contributed by atoms with Crippen LogP contribution in [0.3, 0.4) is 0 Å². The molecule has 3 heterocycles. The molecule has 6 rings (SSSR count). The van der Waals surface area contributed by atoms with Gasteiger partial charge in [-0.2, -0.15) is 9.61 Å². The molecule has 3 aromatic heterocycles. The Morgan fingerprint density at radius 1 is 1.02 bits per heavy atom. The number of pyridine rings is 1. The number of aromatic nitrogens is 4. The quantitative estimate of drug-likeness (QED) is 0.255. The lowest BCUT2D eigenvalue weighted by Crippen LogP contribution is -2.62. The molecule has 1 aliphatic carbocycles. The smallest absolute Gasteiger partial charge is 0.408 e. The van der Waals surface area contributed by atoms with Crippen molar-refractivity contribution in [1.29, 1.82) is 0 Å². The van der Waals surface area contributed by atoms with Crippen LogP contribution in [-0.4, -0.2) is 47.1 Å². The molecule has 0 spiro atoms. The van der Waals surface area contributed by atoms with Gasteiger partial charge in [0.15, 0.2) is 11.3 Å². The van der Waals surface area contributed by atoms with Crippen LogP contribution in [0.2, 0.25) is 0 Å². The molecule has 5 aromatic rings. The van der Waals surface area contributed by atoms with Gasteiger partial charge in [0.25, 0.3) is 0 Å². The Balaban J connectivity index is 1.45. The van der Waals surface area contributed by atoms with Crippen LogP contribution in [-0.2, 0) is 10.3 Å². The lowest BCUT2D eigenvalue weighted by atomic mass is 9.62. The number of nitrogens with one attached hydrogen (secondary N) is 1. The number of phenolic OH excluding ortho intramolecular Hbond substituents is 1. The molecule has 0 saturated heterocycles. The van der Waals surface area contributed by atoms with Crippen molar-refractivity contribution in [3.8, 4) is 28.1 Å². The number of hydrogen-bond acceptors (Lipinski definition) is 7. The van der Waals surface area contributed by atoms with Gasteiger partial charge in [-0.3, -0.25) is 0 Å². The van der Waals surface area contributed by atoms with Crippen molar-refractivity contribution in [3.63, 3.8) is 0 Å². The first kappa shape index (κ1) is 26.7. The summed E-state index contributed by atoms with van der Waals surface area (Å²) >= 11 is 0. The maximum Gasteiger partial charge on any atom is 0.408 e. The van der Waals surface area contributed by atoms with Crippen LogP contribution in [0.1, 0.15) is 51.8 Å². The Hall–Kier alpha value is -4.50. The molecular weight excluding hydrogens is 518 g/mol. The Morgan fingerprint density at radius 2 is 1.68 bits per heavy atom. The molecule has 0 bridgehead atoms. The van der Waals surface area contributed by atoms with Gasteiger partial charge < -0.3 is 20.3 Å². The number of aromatic hydroxyl groups is 1. The minimum absolute atomic E-state index is 0.183. The van der Waals surface area contributed by atoms with Crippen LogP contribution < -0.4 is 5.32 Å². The third-order valence-corrected chi connectivity index (χ3v) is 7.37. The molecule has 0 unspecified atom stereocenters. The van der Waals surface area contributed by atoms with E-state index in [1.807, 2.05) is 76.2 Å². The van der Waals surface area contributed by atoms with E-state index in [2.05, 4.69) is 15.4 Å². The second-order valence-corrected chi connectivity index (χ2v) is 12.3. The molecule has 1 fully saturated rings. The molecule has 1 saturated carbocycles. The minimum Gasteiger partial charge on any atom is -0.508 e. The lowest BCUT2D eigenvalue weighted by Gasteiger charge is -2.52. The van der Waals surface area contributed by atoms with Gasteiger partial charge in [0, 0.05) is 41.6 Å². The average Bonchev–Trinajstić information content (AvgIpc) is 3.27. The molecule has 1 aliphatic rings. The van der Waals surface area contributed by atoms with Crippen LogP contribution in [0, 0.1) is 6.92 Å². The molecule has 210 valence electrons. The molecule has 41 heavy (non-hydrogen) atoms. The highest BCUT2D eigenvalue weighted by Crippen LogP contribution is 2.48. The highest BCUT2D eigenvalue weighted by molar-refractivity contribution is 5.90. The highest BCUT2D eigenvalue weighted by Gasteiger charge is 2.53. The predicted octanol–water partition coefficient (Wildman–Crippen LogP) is 5.89. The summed E-state index contributed by atoms with van der Waals surface area (Å²) in [5.74, 6) is 0.183. The molecule has 9 nitrogen and oxygen atoms in total. The summed E-state index contributed by atoms with van der Waals surface area (Å²) in [5, 5.41) is 29.0. The SMILES string of the molecule is Cc1cc2ncc3cc(-c4ccc(O)cc4)c(-c4ccc([C@]5(NC(=O)OC(C)(C)C)C[C@](C)(O)C5)cc4)nc3n2n1. The van der Waals surface area contributed by atoms with Crippen LogP contribution in [0.25, 0.3) is 39.1 Å². The van der Waals surface area contributed by atoms with Gasteiger partial charge in [-0.1, -0.05) is 36.4 Å². The Labute approximate surface area is 237 Å². The molecule has 0 atom stereocenters. The van der Waals surface area contributed by atoms with E-state index in [9.17, 15) is 15.0 Å². The van der Waals surface area contributed by atoms with Gasteiger partial charge in [0.2, 0.25) is 0 Å². The lowest BCUT2D eigenvalue weighted by molar-refractivity contribution is -0.0892. The van der Waals surface area contributed by atoms with E-state index < -0.39 is 22.8 Å². The first-order valence-electron chi connectivity index (χ1n) is 13.6. The van der Waals surface area contributed by atoms with Crippen LogP contribution in [0.5, 0.6) is 5.75 Å². The molecule has 0 aliphatic heterocycles. The highest BCUT2D eigenvalue weighted by atomic mass is 16.6. The van der Waals surface area contributed by atoms with Gasteiger partial charge in [-0.25, -0.2) is 14.8 Å². The van der Waals surface area contributed by atoms with Gasteiger partial charge in [0.1, 0.15) is 11.4 Å². The topological polar surface area (TPSA) is 122 Å². The van der Waals surface area contributed by atoms with E-state index in [0.29, 0.717) is 24.1 Å². The Bertz CT molecular complexity index is 1780. The summed E-state index contributed by atoms with van der Waals surface area (Å²) in [7, 11) is 0. The van der Waals surface area contributed by atoms with Crippen molar-refractivity contribution in [2.24, 2.45) is 0 Å². The number of alkyl carbamates (subject to hydrolysis) is 1. The Kier molecular flexibility index (Phi) is 6.04. The fourth-order valence-corrected chi connectivity index (χ4v) is 5.79. The molecule has 9 heteroatoms. The third kappa shape index (κ3) is 5.09. The zero-order chi connectivity index (χ0) is 29.2. The maximum atomic E-state index is 12.7. The second-order valence-electron chi connectivity index (χ2n) is 12.3. The molecule has 3 N–H and O–H groups in total. The summed E-state index contributed by atoms with van der Waals surface area (Å²) in [6, 6.07) is 18.9. The third-order valence-electron chi connectivity index (χ3n) is 7.37. The van der Waals surface area contributed by atoms with Crippen molar-refractivity contribution in [2.45, 2.75) is 64.2 Å². The standard InChI is InChI=1S/C32H33N5O4/c1-19-14-26-33-16-22-15-25(20-8-12-24(38)13-9-20)27(34-28(22)37(26)36-19)21-6-10-23(11-7-21)32(17-31(5,40)18-32)35-29(39)41-30(2,3)4/h6-16,38,40H,17-18H2,1-5H3,(H,35,39)/t31-,32-. The predicted molar refractivity (Wildman–Crippen MR) is 156 cm³/mol. The molecule has 0 radical (unpaired) electrons. The van der Waals surface area contributed by atoms with Crippen LogP contribution >= 0.6 is 0 Å². The average molecular weight is 552 g/mol. The van der Waals surface area contributed by atoms with E-state index in [4.69, 9.17) is 9.72 Å². The fraction of sp³-hybridized carbons (Fsp3) is 0.312. The number of fused-ring (bicyclic) bond motifs is 3. The number of rotatable bonds is 4. The normalized spacial score (nSPS) is 20.6. The largest absolute Gasteiger partial charge is 0.508 e. The number of aryl methyl sites for hydroxylation is 1. The van der Waals surface area contributed by atoms with Crippen LogP contribution in [0.4, 0.5) is 4.79 Å². The van der Waals surface area contributed by atoms with Crippen molar-refractivity contribution in [1.82, 2.24) is 24.9 Å². The zero-order valence-corrected chi connectivity index (χ0v) is 23.8. The van der Waals surface area contributed by atoms with E-state index in [-0.39, 0.29) is 5.75 Å². The van der Waals surface area contributed by atoms with Crippen molar-refractivity contribution in [2.75, 3.05) is 0 Å². The van der Waals surface area contributed by atoms with Gasteiger partial charge in [-0.15, -0.1) is 0 Å². The van der Waals surface area contributed by atoms with Crippen molar-refractivity contribution in [3.05, 3.63) is 78.1 Å². The van der Waals surface area contributed by atoms with Crippen LogP contribution in [0.15, 0.2) is 66.9 Å². The number of aliphatic hydroxyl groups is 1. The maximum absolute atomic E-state index is 12.7. The van der Waals surface area contributed by atoms with Crippen molar-refractivity contribution < 1.29 is 19.7 Å². The molecular formula is C32H33N5O4. The second kappa shape index (κ2) is 9.27. The number of amides is 1. The monoisotopic (exact) mass is 551 g/mol. The first-order valence-corrected chi connectivity index (χ1v) is 13.6. The van der Waals surface area contributed by atoms with E-state index in [1.54, 1.807) is 29.8 Å². The molecule has 1 amide bonds. The number of ether oxygens (including phenoxy) is 1. The minimum atomic E-state index is -0.888. The molecule has 2 aromatic carbocycles. The summed E-state index contributed by atoms with van der Waals surface area (Å²) in [4.78, 5) is 22.4. The van der Waals surface area contributed by atoms with Gasteiger partial charge in [0.05, 0.1) is 22.5 Å². The van der Waals surface area contributed by atoms with E-state index in [0.717, 1.165) is 39.0 Å². The van der Waals surface area contributed by atoms with Gasteiger partial charge >= 0.3 is 6.09 Å². The summed E-state index contributed by atoms with van der Waals surface area (Å²) in [6.45, 7) is 9.15. The number of benzene rings is 2.